The fourth-order valence-electron chi connectivity index (χ4n) is 5.27. The lowest BCUT2D eigenvalue weighted by atomic mass is 9.49. The number of Topliss-reactive ketones (excluding diaryl/α,β-unsaturated/α-hetero) is 1. The van der Waals surface area contributed by atoms with Crippen molar-refractivity contribution in [2.24, 2.45) is 22.7 Å². The maximum absolute atomic E-state index is 13.3. The number of hydrogen-bond acceptors (Lipinski definition) is 6. The van der Waals surface area contributed by atoms with Crippen LogP contribution in [0.2, 0.25) is 0 Å². The summed E-state index contributed by atoms with van der Waals surface area (Å²) in [6.07, 6.45) is 2.01. The maximum atomic E-state index is 13.3. The molecule has 2 aliphatic carbocycles. The van der Waals surface area contributed by atoms with Crippen molar-refractivity contribution in [3.05, 3.63) is 22.8 Å². The lowest BCUT2D eigenvalue weighted by molar-refractivity contribution is -0.151. The van der Waals surface area contributed by atoms with Crippen molar-refractivity contribution in [2.45, 2.75) is 53.1 Å². The molecule has 7 heteroatoms. The zero-order chi connectivity index (χ0) is 21.0. The molecule has 1 N–H and O–H groups in total. The molecule has 1 aliphatic heterocycles. The third kappa shape index (κ3) is 2.63. The van der Waals surface area contributed by atoms with E-state index in [0.29, 0.717) is 12.8 Å². The van der Waals surface area contributed by atoms with Gasteiger partial charge >= 0.3 is 17.9 Å². The van der Waals surface area contributed by atoms with Gasteiger partial charge in [-0.1, -0.05) is 34.1 Å². The highest BCUT2D eigenvalue weighted by Crippen LogP contribution is 2.63. The van der Waals surface area contributed by atoms with Crippen LogP contribution in [0.1, 0.15) is 47.0 Å². The lowest BCUT2D eigenvalue weighted by Gasteiger charge is -2.49. The molecule has 0 aromatic carbocycles. The van der Waals surface area contributed by atoms with E-state index in [4.69, 9.17) is 9.47 Å². The first-order valence-corrected chi connectivity index (χ1v) is 9.52. The number of esters is 2. The molecule has 0 aromatic heterocycles. The minimum atomic E-state index is -1.36. The minimum absolute atomic E-state index is 0.119. The number of ketones is 1. The molecule has 152 valence electrons. The van der Waals surface area contributed by atoms with E-state index in [9.17, 15) is 24.3 Å². The van der Waals surface area contributed by atoms with Crippen molar-refractivity contribution in [3.63, 3.8) is 0 Å². The average Bonchev–Trinajstić information content (AvgIpc) is 2.86. The lowest BCUT2D eigenvalue weighted by Crippen LogP contribution is -2.54. The van der Waals surface area contributed by atoms with Gasteiger partial charge in [0.1, 0.15) is 5.41 Å². The number of methoxy groups -OCH3 is 1. The van der Waals surface area contributed by atoms with Gasteiger partial charge in [0.2, 0.25) is 5.78 Å². The van der Waals surface area contributed by atoms with Crippen LogP contribution >= 0.6 is 0 Å². The van der Waals surface area contributed by atoms with Gasteiger partial charge in [-0.05, 0) is 30.3 Å². The topological polar surface area (TPSA) is 107 Å². The molecule has 0 aromatic rings. The molecule has 3 rings (SSSR count). The maximum Gasteiger partial charge on any atom is 0.334 e. The van der Waals surface area contributed by atoms with Gasteiger partial charge in [0.25, 0.3) is 0 Å². The van der Waals surface area contributed by atoms with Crippen LogP contribution < -0.4 is 0 Å². The summed E-state index contributed by atoms with van der Waals surface area (Å²) in [6, 6.07) is 0. The van der Waals surface area contributed by atoms with Gasteiger partial charge in [-0.3, -0.25) is 9.59 Å². The summed E-state index contributed by atoms with van der Waals surface area (Å²) in [7, 11) is 1.22. The van der Waals surface area contributed by atoms with E-state index in [2.05, 4.69) is 0 Å². The molecule has 2 fully saturated rings. The summed E-state index contributed by atoms with van der Waals surface area (Å²) in [5.74, 6) is -3.99. The van der Waals surface area contributed by atoms with Crippen molar-refractivity contribution in [2.75, 3.05) is 7.11 Å². The predicted octanol–water partition coefficient (Wildman–Crippen LogP) is 2.44. The molecule has 1 heterocycles. The number of carboxylic acid groups (broad SMARTS) is 1. The largest absolute Gasteiger partial charge is 0.478 e. The zero-order valence-corrected chi connectivity index (χ0v) is 16.8. The standard InChI is InChI=1S/C21H26O7/c1-10(2)11(18(25)27-5)9-12-13(17(23)24)21-8-6-7-20(3,4)16(21)15(14(12)22)28-19(21)26/h9-10,15-16H,6-8H2,1-5H3,(H,23,24)/b11-9-. The number of carboxylic acids is 1. The van der Waals surface area contributed by atoms with Crippen LogP contribution in [0.15, 0.2) is 22.8 Å². The van der Waals surface area contributed by atoms with Crippen LogP contribution in [0.3, 0.4) is 0 Å². The van der Waals surface area contributed by atoms with Crippen LogP contribution in [-0.4, -0.2) is 42.0 Å². The average molecular weight is 390 g/mol. The monoisotopic (exact) mass is 390 g/mol. The van der Waals surface area contributed by atoms with Gasteiger partial charge in [-0.15, -0.1) is 0 Å². The number of aliphatic carboxylic acids is 1. The molecule has 0 spiro atoms. The molecule has 0 amide bonds. The number of allylic oxidation sites excluding steroid dienone is 1. The first-order valence-electron chi connectivity index (χ1n) is 9.52. The Hall–Kier alpha value is -2.44. The third-order valence-corrected chi connectivity index (χ3v) is 6.46. The Balaban J connectivity index is 2.33. The van der Waals surface area contributed by atoms with Crippen molar-refractivity contribution in [1.82, 2.24) is 0 Å². The molecular formula is C21H26O7. The summed E-state index contributed by atoms with van der Waals surface area (Å²) < 4.78 is 10.3. The Morgan fingerprint density at radius 2 is 1.89 bits per heavy atom. The number of hydrogen-bond donors (Lipinski definition) is 1. The van der Waals surface area contributed by atoms with Crippen LogP contribution in [0.4, 0.5) is 0 Å². The van der Waals surface area contributed by atoms with E-state index in [1.54, 1.807) is 13.8 Å². The highest BCUT2D eigenvalue weighted by atomic mass is 16.6. The van der Waals surface area contributed by atoms with Crippen LogP contribution in [0.25, 0.3) is 0 Å². The molecular weight excluding hydrogens is 364 g/mol. The fourth-order valence-corrected chi connectivity index (χ4v) is 5.27. The number of rotatable bonds is 4. The van der Waals surface area contributed by atoms with E-state index in [1.807, 2.05) is 13.8 Å². The molecule has 2 bridgehead atoms. The van der Waals surface area contributed by atoms with E-state index in [0.717, 1.165) is 6.42 Å². The Bertz CT molecular complexity index is 830. The van der Waals surface area contributed by atoms with Crippen LogP contribution in [0, 0.1) is 22.7 Å². The van der Waals surface area contributed by atoms with E-state index >= 15 is 0 Å². The smallest absolute Gasteiger partial charge is 0.334 e. The Labute approximate surface area is 163 Å². The second kappa shape index (κ2) is 6.57. The van der Waals surface area contributed by atoms with E-state index in [1.165, 1.54) is 13.2 Å². The van der Waals surface area contributed by atoms with Gasteiger partial charge in [-0.2, -0.15) is 0 Å². The molecule has 3 unspecified atom stereocenters. The van der Waals surface area contributed by atoms with Gasteiger partial charge in [0.05, 0.1) is 12.7 Å². The molecule has 1 saturated heterocycles. The summed E-state index contributed by atoms with van der Waals surface area (Å²) in [4.78, 5) is 50.7. The normalized spacial score (nSPS) is 31.6. The molecule has 7 nitrogen and oxygen atoms in total. The van der Waals surface area contributed by atoms with Gasteiger partial charge < -0.3 is 14.6 Å². The zero-order valence-electron chi connectivity index (χ0n) is 16.8. The SMILES string of the molecule is COC(=O)/C(=C\C1=C(C(=O)O)C23CCCC(C)(C)C2C(OC3=O)C1=O)C(C)C. The van der Waals surface area contributed by atoms with Crippen molar-refractivity contribution in [1.29, 1.82) is 0 Å². The minimum Gasteiger partial charge on any atom is -0.478 e. The van der Waals surface area contributed by atoms with Crippen molar-refractivity contribution in [3.8, 4) is 0 Å². The molecule has 28 heavy (non-hydrogen) atoms. The number of carbonyl (C=O) groups excluding carboxylic acids is 3. The fraction of sp³-hybridized carbons (Fsp3) is 0.619. The highest BCUT2D eigenvalue weighted by Gasteiger charge is 2.71. The summed E-state index contributed by atoms with van der Waals surface area (Å²) in [5, 5.41) is 10.1. The quantitative estimate of drug-likeness (QED) is 0.580. The molecule has 1 saturated carbocycles. The Morgan fingerprint density at radius 3 is 2.43 bits per heavy atom. The Morgan fingerprint density at radius 1 is 1.25 bits per heavy atom. The summed E-state index contributed by atoms with van der Waals surface area (Å²) >= 11 is 0. The van der Waals surface area contributed by atoms with E-state index < -0.39 is 46.5 Å². The van der Waals surface area contributed by atoms with Crippen molar-refractivity contribution < 1.29 is 33.8 Å². The Kier molecular flexibility index (Phi) is 4.76. The predicted molar refractivity (Wildman–Crippen MR) is 98.0 cm³/mol. The van der Waals surface area contributed by atoms with Crippen LogP contribution in [-0.2, 0) is 28.7 Å². The number of ether oxygens (including phenoxy) is 2. The highest BCUT2D eigenvalue weighted by molar-refractivity contribution is 6.16. The molecule has 0 radical (unpaired) electrons. The molecule has 3 aliphatic rings. The van der Waals surface area contributed by atoms with Crippen molar-refractivity contribution >= 4 is 23.7 Å². The number of carbonyl (C=O) groups is 4. The van der Waals surface area contributed by atoms with E-state index in [-0.39, 0.29) is 22.6 Å². The first kappa shape index (κ1) is 20.3. The third-order valence-electron chi connectivity index (χ3n) is 6.46. The van der Waals surface area contributed by atoms with Gasteiger partial charge in [-0.25, -0.2) is 9.59 Å². The summed E-state index contributed by atoms with van der Waals surface area (Å²) in [5.41, 5.74) is -1.97. The molecule has 3 atom stereocenters. The van der Waals surface area contributed by atoms with Gasteiger partial charge in [0, 0.05) is 17.1 Å². The second-order valence-electron chi connectivity index (χ2n) is 8.82. The second-order valence-corrected chi connectivity index (χ2v) is 8.82. The van der Waals surface area contributed by atoms with Gasteiger partial charge in [0.15, 0.2) is 6.10 Å². The first-order chi connectivity index (χ1) is 13.0. The van der Waals surface area contributed by atoms with Crippen LogP contribution in [0.5, 0.6) is 0 Å². The summed E-state index contributed by atoms with van der Waals surface area (Å²) in [6.45, 7) is 7.39.